The van der Waals surface area contributed by atoms with Crippen LogP contribution in [0.1, 0.15) is 24.5 Å². The maximum absolute atomic E-state index is 13.0. The summed E-state index contributed by atoms with van der Waals surface area (Å²) >= 11 is 0. The fourth-order valence-corrected chi connectivity index (χ4v) is 3.21. The molecule has 0 fully saturated rings. The number of hydrogen-bond acceptors (Lipinski definition) is 5. The Morgan fingerprint density at radius 1 is 1.10 bits per heavy atom. The van der Waals surface area contributed by atoms with E-state index in [2.05, 4.69) is 5.32 Å². The Kier molecular flexibility index (Phi) is 6.59. The molecule has 2 amide bonds. The number of ether oxygens (including phenoxy) is 3. The van der Waals surface area contributed by atoms with E-state index in [1.54, 1.807) is 26.0 Å². The van der Waals surface area contributed by atoms with E-state index in [-0.39, 0.29) is 25.0 Å². The van der Waals surface area contributed by atoms with Crippen LogP contribution in [-0.4, -0.2) is 43.7 Å². The number of carbonyl (C=O) groups excluding carboxylic acids is 2. The fourth-order valence-electron chi connectivity index (χ4n) is 3.21. The number of aryl methyl sites for hydroxylation is 1. The monoisotopic (exact) mass is 398 g/mol. The molecule has 0 aliphatic carbocycles. The van der Waals surface area contributed by atoms with Crippen molar-refractivity contribution in [1.29, 1.82) is 0 Å². The third kappa shape index (κ3) is 4.99. The maximum atomic E-state index is 13.0. The predicted octanol–water partition coefficient (Wildman–Crippen LogP) is 2.52. The summed E-state index contributed by atoms with van der Waals surface area (Å²) in [4.78, 5) is 26.8. The van der Waals surface area contributed by atoms with Crippen LogP contribution in [0.3, 0.4) is 0 Å². The number of rotatable bonds is 8. The highest BCUT2D eigenvalue weighted by Crippen LogP contribution is 2.32. The lowest BCUT2D eigenvalue weighted by atomic mass is 10.1. The number of benzene rings is 2. The quantitative estimate of drug-likeness (QED) is 0.739. The third-order valence-electron chi connectivity index (χ3n) is 4.99. The van der Waals surface area contributed by atoms with E-state index in [1.165, 1.54) is 0 Å². The molecule has 1 aliphatic heterocycles. The van der Waals surface area contributed by atoms with Gasteiger partial charge in [0.05, 0.1) is 7.11 Å². The van der Waals surface area contributed by atoms with E-state index in [0.717, 1.165) is 22.6 Å². The van der Waals surface area contributed by atoms with Crippen molar-refractivity contribution >= 4 is 11.8 Å². The molecule has 29 heavy (non-hydrogen) atoms. The Labute approximate surface area is 170 Å². The average Bonchev–Trinajstić information content (AvgIpc) is 3.23. The predicted molar refractivity (Wildman–Crippen MR) is 108 cm³/mol. The highest BCUT2D eigenvalue weighted by atomic mass is 16.7. The van der Waals surface area contributed by atoms with Crippen LogP contribution in [-0.2, 0) is 22.6 Å². The minimum atomic E-state index is -0.577. The molecule has 2 aromatic rings. The van der Waals surface area contributed by atoms with Crippen LogP contribution < -0.4 is 19.5 Å². The number of hydrogen-bond donors (Lipinski definition) is 1. The lowest BCUT2D eigenvalue weighted by molar-refractivity contribution is -0.140. The summed E-state index contributed by atoms with van der Waals surface area (Å²) in [6, 6.07) is 12.6. The topological polar surface area (TPSA) is 77.1 Å². The van der Waals surface area contributed by atoms with Gasteiger partial charge >= 0.3 is 0 Å². The number of nitrogens with zero attached hydrogens (tertiary/aromatic N) is 1. The van der Waals surface area contributed by atoms with E-state index in [0.29, 0.717) is 18.7 Å². The normalized spacial score (nSPS) is 12.9. The van der Waals surface area contributed by atoms with Crippen molar-refractivity contribution < 1.29 is 23.8 Å². The molecule has 0 spiro atoms. The Morgan fingerprint density at radius 2 is 1.79 bits per heavy atom. The van der Waals surface area contributed by atoms with E-state index in [9.17, 15) is 9.59 Å². The summed E-state index contributed by atoms with van der Waals surface area (Å²) in [6.07, 6.45) is 0.839. The van der Waals surface area contributed by atoms with Crippen molar-refractivity contribution in [3.63, 3.8) is 0 Å². The molecular formula is C22H26N2O5. The van der Waals surface area contributed by atoms with E-state index < -0.39 is 6.04 Å². The molecule has 7 nitrogen and oxygen atoms in total. The molecule has 0 bridgehead atoms. The van der Waals surface area contributed by atoms with Gasteiger partial charge in [-0.25, -0.2) is 0 Å². The second-order valence-electron chi connectivity index (χ2n) is 6.85. The number of nitrogens with one attached hydrogen (secondary N) is 1. The van der Waals surface area contributed by atoms with Crippen LogP contribution in [0, 0.1) is 0 Å². The van der Waals surface area contributed by atoms with Crippen molar-refractivity contribution in [3.05, 3.63) is 53.6 Å². The van der Waals surface area contributed by atoms with Crippen LogP contribution in [0.5, 0.6) is 17.2 Å². The first-order chi connectivity index (χ1) is 14.0. The first kappa shape index (κ1) is 20.5. The standard InChI is InChI=1S/C22H26N2O5/c1-15(22(26)23-2)24(13-17-4-8-18(27-3)9-5-17)21(25)11-7-16-6-10-19-20(12-16)29-14-28-19/h4-6,8-10,12,15H,7,11,13-14H2,1-3H3,(H,23,26). The Balaban J connectivity index is 1.70. The summed E-state index contributed by atoms with van der Waals surface area (Å²) in [5.41, 5.74) is 1.91. The van der Waals surface area contributed by atoms with Gasteiger partial charge in [0.2, 0.25) is 18.6 Å². The summed E-state index contributed by atoms with van der Waals surface area (Å²) in [7, 11) is 3.18. The fraction of sp³-hybridized carbons (Fsp3) is 0.364. The van der Waals surface area contributed by atoms with Gasteiger partial charge in [-0.3, -0.25) is 9.59 Å². The zero-order valence-electron chi connectivity index (χ0n) is 16.9. The summed E-state index contributed by atoms with van der Waals surface area (Å²) < 4.78 is 15.9. The third-order valence-corrected chi connectivity index (χ3v) is 4.99. The van der Waals surface area contributed by atoms with Crippen molar-refractivity contribution in [1.82, 2.24) is 10.2 Å². The smallest absolute Gasteiger partial charge is 0.242 e. The lowest BCUT2D eigenvalue weighted by Gasteiger charge is -2.28. The molecule has 1 atom stereocenters. The van der Waals surface area contributed by atoms with Crippen molar-refractivity contribution in [2.45, 2.75) is 32.4 Å². The highest BCUT2D eigenvalue weighted by Gasteiger charge is 2.25. The molecular weight excluding hydrogens is 372 g/mol. The largest absolute Gasteiger partial charge is 0.497 e. The summed E-state index contributed by atoms with van der Waals surface area (Å²) in [5.74, 6) is 1.87. The molecule has 2 aromatic carbocycles. The van der Waals surface area contributed by atoms with Crippen molar-refractivity contribution in [2.24, 2.45) is 0 Å². The Bertz CT molecular complexity index is 866. The molecule has 0 radical (unpaired) electrons. The number of likely N-dealkylation sites (N-methyl/N-ethyl adjacent to an activating group) is 1. The molecule has 1 aliphatic rings. The van der Waals surface area contributed by atoms with Crippen LogP contribution >= 0.6 is 0 Å². The van der Waals surface area contributed by atoms with Gasteiger partial charge in [-0.15, -0.1) is 0 Å². The van der Waals surface area contributed by atoms with Crippen LogP contribution in [0.25, 0.3) is 0 Å². The molecule has 0 saturated heterocycles. The van der Waals surface area contributed by atoms with Gasteiger partial charge in [0, 0.05) is 20.0 Å². The zero-order chi connectivity index (χ0) is 20.8. The molecule has 7 heteroatoms. The van der Waals surface area contributed by atoms with Crippen molar-refractivity contribution in [3.8, 4) is 17.2 Å². The van der Waals surface area contributed by atoms with E-state index in [1.807, 2.05) is 42.5 Å². The number of methoxy groups -OCH3 is 1. The van der Waals surface area contributed by atoms with Crippen molar-refractivity contribution in [2.75, 3.05) is 21.0 Å². The average molecular weight is 398 g/mol. The molecule has 1 N–H and O–H groups in total. The van der Waals surface area contributed by atoms with Gasteiger partial charge in [-0.1, -0.05) is 18.2 Å². The van der Waals surface area contributed by atoms with Gasteiger partial charge < -0.3 is 24.4 Å². The lowest BCUT2D eigenvalue weighted by Crippen LogP contribution is -2.46. The van der Waals surface area contributed by atoms with Gasteiger partial charge in [0.15, 0.2) is 11.5 Å². The van der Waals surface area contributed by atoms with Crippen LogP contribution in [0.2, 0.25) is 0 Å². The Hall–Kier alpha value is -3.22. The number of amides is 2. The summed E-state index contributed by atoms with van der Waals surface area (Å²) in [5, 5.41) is 2.62. The zero-order valence-corrected chi connectivity index (χ0v) is 16.9. The first-order valence-electron chi connectivity index (χ1n) is 9.54. The van der Waals surface area contributed by atoms with Gasteiger partial charge in [-0.2, -0.15) is 0 Å². The molecule has 0 saturated carbocycles. The first-order valence-corrected chi connectivity index (χ1v) is 9.54. The molecule has 154 valence electrons. The number of carbonyl (C=O) groups is 2. The Morgan fingerprint density at radius 3 is 2.48 bits per heavy atom. The van der Waals surface area contributed by atoms with Crippen LogP contribution in [0.15, 0.2) is 42.5 Å². The maximum Gasteiger partial charge on any atom is 0.242 e. The second kappa shape index (κ2) is 9.32. The van der Waals surface area contributed by atoms with Gasteiger partial charge in [0.25, 0.3) is 0 Å². The van der Waals surface area contributed by atoms with E-state index >= 15 is 0 Å². The second-order valence-corrected chi connectivity index (χ2v) is 6.85. The van der Waals surface area contributed by atoms with Crippen LogP contribution in [0.4, 0.5) is 0 Å². The molecule has 0 aromatic heterocycles. The minimum Gasteiger partial charge on any atom is -0.497 e. The molecule has 1 unspecified atom stereocenters. The van der Waals surface area contributed by atoms with E-state index in [4.69, 9.17) is 14.2 Å². The minimum absolute atomic E-state index is 0.0883. The summed E-state index contributed by atoms with van der Waals surface area (Å²) in [6.45, 7) is 2.30. The molecule has 3 rings (SSSR count). The SMILES string of the molecule is CNC(=O)C(C)N(Cc1ccc(OC)cc1)C(=O)CCc1ccc2c(c1)OCO2. The highest BCUT2D eigenvalue weighted by molar-refractivity contribution is 5.87. The van der Waals surface area contributed by atoms with Gasteiger partial charge in [0.1, 0.15) is 11.8 Å². The van der Waals surface area contributed by atoms with Gasteiger partial charge in [-0.05, 0) is 48.7 Å². The number of fused-ring (bicyclic) bond motifs is 1. The molecule has 1 heterocycles.